The number of ketones is 1. The van der Waals surface area contributed by atoms with E-state index in [0.29, 0.717) is 53.3 Å². The van der Waals surface area contributed by atoms with Gasteiger partial charge >= 0.3 is 5.91 Å². The Morgan fingerprint density at radius 3 is 2.42 bits per heavy atom. The number of anilines is 1. The van der Waals surface area contributed by atoms with E-state index >= 15 is 0 Å². The molecule has 2 heterocycles. The van der Waals surface area contributed by atoms with E-state index in [1.54, 1.807) is 55.5 Å². The van der Waals surface area contributed by atoms with Gasteiger partial charge in [0.25, 0.3) is 5.78 Å². The quantitative estimate of drug-likeness (QED) is 0.214. The molecule has 0 saturated carbocycles. The lowest BCUT2D eigenvalue weighted by molar-refractivity contribution is -0.132. The molecule has 0 aliphatic carbocycles. The van der Waals surface area contributed by atoms with Gasteiger partial charge in [0.05, 0.1) is 31.9 Å². The summed E-state index contributed by atoms with van der Waals surface area (Å²) >= 11 is 0. The van der Waals surface area contributed by atoms with Crippen LogP contribution < -0.4 is 19.1 Å². The van der Waals surface area contributed by atoms with Crippen LogP contribution in [-0.4, -0.2) is 42.3 Å². The van der Waals surface area contributed by atoms with Crippen molar-refractivity contribution >= 4 is 23.3 Å². The van der Waals surface area contributed by atoms with Crippen molar-refractivity contribution in [1.82, 2.24) is 5.16 Å². The molecule has 0 spiro atoms. The second-order valence-corrected chi connectivity index (χ2v) is 9.36. The lowest BCUT2D eigenvalue weighted by Gasteiger charge is -2.24. The SMILES string of the molecule is CCOc1ccc(/C(O)=C2\C(=O)C(=O)N(c3cc(C)on3)C2c2ccc(OCCC(C)C)c(OC)c2)cc1. The smallest absolute Gasteiger partial charge is 0.301 e. The minimum Gasteiger partial charge on any atom is -0.507 e. The maximum absolute atomic E-state index is 13.3. The number of aliphatic hydroxyl groups is 1. The van der Waals surface area contributed by atoms with E-state index in [1.165, 1.54) is 12.0 Å². The first-order valence-corrected chi connectivity index (χ1v) is 12.5. The zero-order valence-corrected chi connectivity index (χ0v) is 22.2. The second kappa shape index (κ2) is 11.4. The van der Waals surface area contributed by atoms with Crippen LogP contribution in [0.1, 0.15) is 50.1 Å². The van der Waals surface area contributed by atoms with Crippen molar-refractivity contribution in [3.63, 3.8) is 0 Å². The van der Waals surface area contributed by atoms with Gasteiger partial charge in [-0.3, -0.25) is 14.5 Å². The number of rotatable bonds is 10. The highest BCUT2D eigenvalue weighted by Gasteiger charge is 2.48. The van der Waals surface area contributed by atoms with E-state index in [9.17, 15) is 14.7 Å². The van der Waals surface area contributed by atoms with Gasteiger partial charge in [-0.2, -0.15) is 0 Å². The summed E-state index contributed by atoms with van der Waals surface area (Å²) in [6, 6.07) is 12.4. The molecule has 1 unspecified atom stereocenters. The fourth-order valence-corrected chi connectivity index (χ4v) is 4.26. The minimum absolute atomic E-state index is 0.0738. The maximum Gasteiger partial charge on any atom is 0.301 e. The van der Waals surface area contributed by atoms with Crippen LogP contribution >= 0.6 is 0 Å². The van der Waals surface area contributed by atoms with Crippen LogP contribution in [0.2, 0.25) is 0 Å². The van der Waals surface area contributed by atoms with Crippen LogP contribution in [0.5, 0.6) is 17.2 Å². The summed E-state index contributed by atoms with van der Waals surface area (Å²) in [5, 5.41) is 15.3. The third kappa shape index (κ3) is 5.37. The zero-order chi connectivity index (χ0) is 27.4. The van der Waals surface area contributed by atoms with E-state index in [2.05, 4.69) is 19.0 Å². The van der Waals surface area contributed by atoms with Crippen LogP contribution in [-0.2, 0) is 9.59 Å². The molecule has 0 radical (unpaired) electrons. The Morgan fingerprint density at radius 2 is 1.82 bits per heavy atom. The second-order valence-electron chi connectivity index (χ2n) is 9.36. The lowest BCUT2D eigenvalue weighted by Crippen LogP contribution is -2.29. The highest BCUT2D eigenvalue weighted by atomic mass is 16.5. The van der Waals surface area contributed by atoms with E-state index in [0.717, 1.165) is 6.42 Å². The number of carbonyl (C=O) groups excluding carboxylic acids is 2. The lowest BCUT2D eigenvalue weighted by atomic mass is 9.95. The molecule has 0 bridgehead atoms. The number of nitrogens with zero attached hydrogens (tertiary/aromatic N) is 2. The molecule has 2 aromatic carbocycles. The number of carbonyl (C=O) groups is 2. The van der Waals surface area contributed by atoms with Crippen molar-refractivity contribution in [2.24, 2.45) is 5.92 Å². The molecule has 1 N–H and O–H groups in total. The Bertz CT molecular complexity index is 1340. The van der Waals surface area contributed by atoms with Gasteiger partial charge in [0.15, 0.2) is 17.3 Å². The summed E-state index contributed by atoms with van der Waals surface area (Å²) in [5.74, 6) is 0.744. The van der Waals surface area contributed by atoms with Crippen molar-refractivity contribution in [3.05, 3.63) is 71.0 Å². The summed E-state index contributed by atoms with van der Waals surface area (Å²) in [6.07, 6.45) is 0.874. The molecule has 200 valence electrons. The van der Waals surface area contributed by atoms with Crippen LogP contribution in [0.3, 0.4) is 0 Å². The molecule has 1 amide bonds. The van der Waals surface area contributed by atoms with Crippen LogP contribution in [0, 0.1) is 12.8 Å². The first kappa shape index (κ1) is 26.8. The van der Waals surface area contributed by atoms with E-state index in [1.807, 2.05) is 6.92 Å². The van der Waals surface area contributed by atoms with Gasteiger partial charge in [0.2, 0.25) is 0 Å². The Hall–Kier alpha value is -4.27. The van der Waals surface area contributed by atoms with Crippen molar-refractivity contribution in [1.29, 1.82) is 0 Å². The molecule has 1 aliphatic rings. The molecule has 38 heavy (non-hydrogen) atoms. The van der Waals surface area contributed by atoms with Gasteiger partial charge in [0, 0.05) is 11.6 Å². The van der Waals surface area contributed by atoms with Crippen molar-refractivity contribution in [2.75, 3.05) is 25.2 Å². The molecule has 3 aromatic rings. The number of aromatic nitrogens is 1. The predicted molar refractivity (Wildman–Crippen MR) is 142 cm³/mol. The molecular formula is C29H32N2O7. The largest absolute Gasteiger partial charge is 0.507 e. The highest BCUT2D eigenvalue weighted by Crippen LogP contribution is 2.44. The molecule has 1 aliphatic heterocycles. The number of amides is 1. The topological polar surface area (TPSA) is 111 Å². The third-order valence-corrected chi connectivity index (χ3v) is 6.20. The van der Waals surface area contributed by atoms with Gasteiger partial charge in [-0.15, -0.1) is 0 Å². The average molecular weight is 521 g/mol. The monoisotopic (exact) mass is 520 g/mol. The number of aryl methyl sites for hydroxylation is 1. The number of methoxy groups -OCH3 is 1. The average Bonchev–Trinajstić information content (AvgIpc) is 3.44. The maximum atomic E-state index is 13.3. The summed E-state index contributed by atoms with van der Waals surface area (Å²) in [7, 11) is 1.52. The number of aliphatic hydroxyl groups excluding tert-OH is 1. The van der Waals surface area contributed by atoms with Crippen molar-refractivity contribution < 1.29 is 33.4 Å². The minimum atomic E-state index is -0.982. The Labute approximate surface area is 221 Å². The number of hydrogen-bond acceptors (Lipinski definition) is 8. The van der Waals surface area contributed by atoms with E-state index in [4.69, 9.17) is 18.7 Å². The standard InChI is InChI=1S/C29H32N2O7/c1-6-36-21-10-7-19(8-11-21)27(32)25-26(31(29(34)28(25)33)24-15-18(4)38-30-24)20-9-12-22(23(16-20)35-5)37-14-13-17(2)3/h7-12,15-17,26,32H,6,13-14H2,1-5H3/b27-25+. The molecule has 9 nitrogen and oxygen atoms in total. The summed E-state index contributed by atoms with van der Waals surface area (Å²) in [4.78, 5) is 27.9. The van der Waals surface area contributed by atoms with Crippen molar-refractivity contribution in [3.8, 4) is 17.2 Å². The normalized spacial score (nSPS) is 16.8. The Morgan fingerprint density at radius 1 is 1.08 bits per heavy atom. The fourth-order valence-electron chi connectivity index (χ4n) is 4.26. The molecule has 1 saturated heterocycles. The van der Waals surface area contributed by atoms with Gasteiger partial charge in [-0.05, 0) is 68.1 Å². The van der Waals surface area contributed by atoms with Gasteiger partial charge in [-0.25, -0.2) is 0 Å². The van der Waals surface area contributed by atoms with Crippen LogP contribution in [0.15, 0.2) is 58.6 Å². The molecule has 1 fully saturated rings. The zero-order valence-electron chi connectivity index (χ0n) is 22.2. The first-order chi connectivity index (χ1) is 18.2. The van der Waals surface area contributed by atoms with Crippen LogP contribution in [0.25, 0.3) is 5.76 Å². The number of ether oxygens (including phenoxy) is 3. The molecule has 4 rings (SSSR count). The highest BCUT2D eigenvalue weighted by molar-refractivity contribution is 6.51. The summed E-state index contributed by atoms with van der Waals surface area (Å²) < 4.78 is 22.2. The van der Waals surface area contributed by atoms with Gasteiger partial charge in [-0.1, -0.05) is 25.1 Å². The van der Waals surface area contributed by atoms with Crippen molar-refractivity contribution in [2.45, 2.75) is 40.2 Å². The molecule has 1 aromatic heterocycles. The first-order valence-electron chi connectivity index (χ1n) is 12.5. The predicted octanol–water partition coefficient (Wildman–Crippen LogP) is 5.44. The molecular weight excluding hydrogens is 488 g/mol. The number of benzene rings is 2. The van der Waals surface area contributed by atoms with Crippen LogP contribution in [0.4, 0.5) is 5.82 Å². The number of hydrogen-bond donors (Lipinski definition) is 1. The van der Waals surface area contributed by atoms with Gasteiger partial charge in [0.1, 0.15) is 17.3 Å². The summed E-state index contributed by atoms with van der Waals surface area (Å²) in [6.45, 7) is 8.80. The summed E-state index contributed by atoms with van der Waals surface area (Å²) in [5.41, 5.74) is 0.828. The number of Topliss-reactive ketones (excluding diaryl/α,β-unsaturated/α-hetero) is 1. The van der Waals surface area contributed by atoms with E-state index in [-0.39, 0.29) is 17.2 Å². The molecule has 9 heteroatoms. The fraction of sp³-hybridized carbons (Fsp3) is 0.345. The Balaban J connectivity index is 1.82. The third-order valence-electron chi connectivity index (χ3n) is 6.20. The Kier molecular flexibility index (Phi) is 8.05. The molecule has 1 atom stereocenters. The van der Waals surface area contributed by atoms with Gasteiger partial charge < -0.3 is 23.8 Å². The van der Waals surface area contributed by atoms with E-state index < -0.39 is 17.7 Å².